The molecule has 12 heavy (non-hydrogen) atoms. The number of hydrogen-bond donors (Lipinski definition) is 0. The van der Waals surface area contributed by atoms with Gasteiger partial charge in [-0.2, -0.15) is 5.26 Å². The van der Waals surface area contributed by atoms with Crippen LogP contribution < -0.4 is 0 Å². The minimum absolute atomic E-state index is 0.153. The van der Waals surface area contributed by atoms with Gasteiger partial charge in [0.25, 0.3) is 0 Å². The Labute approximate surface area is 92.9 Å². The first kappa shape index (κ1) is 16.1. The maximum absolute atomic E-state index is 8.15. The molecule has 0 aliphatic carbocycles. The van der Waals surface area contributed by atoms with Crippen LogP contribution >= 0.6 is 45.9 Å². The van der Waals surface area contributed by atoms with Crippen molar-refractivity contribution in [2.75, 3.05) is 0 Å². The molecule has 0 radical (unpaired) electrons. The number of hydrogen-bond acceptors (Lipinski definition) is 1. The average Bonchev–Trinajstić information content (AvgIpc) is 1.56. The van der Waals surface area contributed by atoms with Crippen molar-refractivity contribution in [2.45, 2.75) is 20.8 Å². The van der Waals surface area contributed by atoms with Crippen molar-refractivity contribution in [3.05, 3.63) is 0 Å². The van der Waals surface area contributed by atoms with E-state index < -0.39 is 10.4 Å². The second-order valence-corrected chi connectivity index (χ2v) is 36.4. The molecule has 0 aliphatic heterocycles. The first-order chi connectivity index (χ1) is 4.80. The van der Waals surface area contributed by atoms with Crippen LogP contribution in [0.3, 0.4) is 0 Å². The first-order valence-electron chi connectivity index (χ1n) is 2.82. The van der Waals surface area contributed by atoms with Gasteiger partial charge in [0.1, 0.15) is 0 Å². The molecule has 0 N–H and O–H groups in total. The summed E-state index contributed by atoms with van der Waals surface area (Å²) in [6.07, 6.45) is 0. The molecule has 0 heterocycles. The number of halogens is 5. The van der Waals surface area contributed by atoms with Crippen molar-refractivity contribution in [3.8, 4) is 6.07 Å². The summed E-state index contributed by atoms with van der Waals surface area (Å²) in [6.45, 7) is 5.65. The van der Waals surface area contributed by atoms with Gasteiger partial charge in [-0.05, 0) is 20.8 Å². The quantitative estimate of drug-likeness (QED) is 0.562. The Morgan fingerprint density at radius 3 is 1.08 bits per heavy atom. The Bertz CT molecular complexity index is 164. The summed E-state index contributed by atoms with van der Waals surface area (Å²) >= 11 is 0. The van der Waals surface area contributed by atoms with Gasteiger partial charge in [0.15, 0.2) is 0 Å². The standard InChI is InChI=1S/C5H9N.5ClH.Nb/c1-5(2,3)4-6;;;;;;/h1-3H3;5*1H;/q;;;;;;+5/p-5. The molecule has 0 atom stereocenters. The maximum atomic E-state index is 8.15. The molecule has 0 unspecified atom stereocenters. The zero-order valence-electron chi connectivity index (χ0n) is 6.78. The Hall–Kier alpha value is 1.68. The topological polar surface area (TPSA) is 23.8 Å². The Kier molecular flexibility index (Phi) is 6.66. The summed E-state index contributed by atoms with van der Waals surface area (Å²) in [6, 6.07) is 2.10. The van der Waals surface area contributed by atoms with Crippen LogP contribution in [0.5, 0.6) is 0 Å². The van der Waals surface area contributed by atoms with Crippen molar-refractivity contribution >= 4 is 45.9 Å². The zero-order chi connectivity index (χ0) is 10.7. The van der Waals surface area contributed by atoms with Crippen LogP contribution in [0.2, 0.25) is 0 Å². The van der Waals surface area contributed by atoms with E-state index in [1.165, 1.54) is 0 Å². The molecular formula is C5H9Cl5NNb. The third kappa shape index (κ3) is 60.8. The van der Waals surface area contributed by atoms with E-state index in [0.717, 1.165) is 0 Å². The van der Waals surface area contributed by atoms with Gasteiger partial charge in [0.2, 0.25) is 0 Å². The van der Waals surface area contributed by atoms with E-state index in [2.05, 4.69) is 6.07 Å². The van der Waals surface area contributed by atoms with Gasteiger partial charge in [-0.3, -0.25) is 0 Å². The number of rotatable bonds is 0. The summed E-state index contributed by atoms with van der Waals surface area (Å²) < 4.78 is 0. The molecule has 0 spiro atoms. The number of nitrogens with zero attached hydrogens (tertiary/aromatic N) is 1. The van der Waals surface area contributed by atoms with E-state index in [0.29, 0.717) is 0 Å². The van der Waals surface area contributed by atoms with E-state index in [1.807, 2.05) is 20.8 Å². The molecule has 0 saturated carbocycles. The molecule has 1 nitrogen and oxygen atoms in total. The fourth-order valence-electron chi connectivity index (χ4n) is 0. The second-order valence-electron chi connectivity index (χ2n) is 3.00. The predicted molar refractivity (Wildman–Crippen MR) is 54.3 cm³/mol. The summed E-state index contributed by atoms with van der Waals surface area (Å²) in [7, 11) is 20.9. The zero-order valence-corrected chi connectivity index (χ0v) is 12.8. The van der Waals surface area contributed by atoms with Crippen LogP contribution in [0, 0.1) is 16.7 Å². The van der Waals surface area contributed by atoms with Crippen LogP contribution in [0.15, 0.2) is 0 Å². The normalized spacial score (nSPS) is 14.8. The fourth-order valence-corrected chi connectivity index (χ4v) is 0. The van der Waals surface area contributed by atoms with Gasteiger partial charge < -0.3 is 0 Å². The molecule has 0 rings (SSSR count). The van der Waals surface area contributed by atoms with E-state index in [1.54, 1.807) is 0 Å². The molecule has 0 aromatic heterocycles. The van der Waals surface area contributed by atoms with Crippen LogP contribution in [-0.4, -0.2) is 0 Å². The van der Waals surface area contributed by atoms with Gasteiger partial charge in [-0.25, -0.2) is 0 Å². The molecular weight excluding hydrogens is 344 g/mol. The van der Waals surface area contributed by atoms with Gasteiger partial charge in [0, 0.05) is 5.41 Å². The molecule has 0 bridgehead atoms. The number of nitriles is 1. The van der Waals surface area contributed by atoms with Crippen LogP contribution in [-0.2, 0) is 10.4 Å². The Balaban J connectivity index is 0. The third-order valence-electron chi connectivity index (χ3n) is 0.335. The molecule has 0 fully saturated rings. The predicted octanol–water partition coefficient (Wildman–Crippen LogP) is 5.00. The van der Waals surface area contributed by atoms with E-state index in [-0.39, 0.29) is 5.41 Å². The monoisotopic (exact) mass is 351 g/mol. The molecule has 0 saturated heterocycles. The average molecular weight is 353 g/mol. The van der Waals surface area contributed by atoms with Crippen molar-refractivity contribution in [2.24, 2.45) is 5.41 Å². The second kappa shape index (κ2) is 4.96. The van der Waals surface area contributed by atoms with Crippen molar-refractivity contribution in [3.63, 3.8) is 0 Å². The van der Waals surface area contributed by atoms with E-state index in [4.69, 9.17) is 51.2 Å². The molecule has 0 aromatic carbocycles. The molecule has 74 valence electrons. The van der Waals surface area contributed by atoms with Crippen molar-refractivity contribution in [1.29, 1.82) is 5.26 Å². The van der Waals surface area contributed by atoms with Gasteiger partial charge in [-0.15, -0.1) is 0 Å². The van der Waals surface area contributed by atoms with E-state index in [9.17, 15) is 0 Å². The van der Waals surface area contributed by atoms with Crippen LogP contribution in [0.1, 0.15) is 20.8 Å². The van der Waals surface area contributed by atoms with Crippen LogP contribution in [0.4, 0.5) is 0 Å². The summed E-state index contributed by atoms with van der Waals surface area (Å²) in [5.41, 5.74) is -0.153. The van der Waals surface area contributed by atoms with Crippen molar-refractivity contribution < 1.29 is 10.4 Å². The van der Waals surface area contributed by atoms with Gasteiger partial charge >= 0.3 is 56.4 Å². The molecule has 7 heteroatoms. The van der Waals surface area contributed by atoms with Crippen LogP contribution in [0.25, 0.3) is 0 Å². The third-order valence-corrected chi connectivity index (χ3v) is 0.335. The van der Waals surface area contributed by atoms with Crippen molar-refractivity contribution in [1.82, 2.24) is 0 Å². The first-order valence-corrected chi connectivity index (χ1v) is 17.0. The minimum atomic E-state index is -4.33. The summed E-state index contributed by atoms with van der Waals surface area (Å²) in [5, 5.41) is 8.15. The summed E-state index contributed by atoms with van der Waals surface area (Å²) in [5.74, 6) is 0. The molecule has 0 aliphatic rings. The van der Waals surface area contributed by atoms with Gasteiger partial charge in [-0.1, -0.05) is 0 Å². The molecule has 0 amide bonds. The fraction of sp³-hybridized carbons (Fsp3) is 0.800. The molecule has 0 aromatic rings. The van der Waals surface area contributed by atoms with Gasteiger partial charge in [0.05, 0.1) is 6.07 Å². The Morgan fingerprint density at radius 2 is 1.08 bits per heavy atom. The van der Waals surface area contributed by atoms with E-state index >= 15 is 0 Å². The SMILES string of the molecule is CC(C)(C)C#N.[Cl][Nb]([Cl])([Cl])([Cl])[Cl]. The summed E-state index contributed by atoms with van der Waals surface area (Å²) in [4.78, 5) is 0. The Morgan fingerprint density at radius 1 is 1.00 bits per heavy atom.